The van der Waals surface area contributed by atoms with Gasteiger partial charge >= 0.3 is 0 Å². The van der Waals surface area contributed by atoms with Crippen LogP contribution in [0.4, 0.5) is 11.5 Å². The van der Waals surface area contributed by atoms with Gasteiger partial charge in [0, 0.05) is 11.6 Å². The third-order valence-electron chi connectivity index (χ3n) is 3.02. The number of benzene rings is 1. The van der Waals surface area contributed by atoms with E-state index in [1.807, 2.05) is 18.2 Å². The molecule has 0 aliphatic rings. The number of aromatic nitrogens is 1. The van der Waals surface area contributed by atoms with Crippen molar-refractivity contribution in [3.05, 3.63) is 53.2 Å². The first kappa shape index (κ1) is 16.3. The third-order valence-corrected chi connectivity index (χ3v) is 3.28. The van der Waals surface area contributed by atoms with Crippen LogP contribution in [0, 0.1) is 5.92 Å². The summed E-state index contributed by atoms with van der Waals surface area (Å²) >= 11 is 5.82. The zero-order valence-corrected chi connectivity index (χ0v) is 13.5. The van der Waals surface area contributed by atoms with E-state index in [4.69, 9.17) is 11.6 Å². The Morgan fingerprint density at radius 2 is 1.91 bits per heavy atom. The van der Waals surface area contributed by atoms with Crippen molar-refractivity contribution in [1.29, 1.82) is 0 Å². The van der Waals surface area contributed by atoms with Crippen LogP contribution in [0.5, 0.6) is 0 Å². The molecule has 2 rings (SSSR count). The van der Waals surface area contributed by atoms with E-state index >= 15 is 0 Å². The Bertz CT molecular complexity index is 609. The van der Waals surface area contributed by atoms with Gasteiger partial charge in [0.1, 0.15) is 5.82 Å². The van der Waals surface area contributed by atoms with Gasteiger partial charge in [-0.1, -0.05) is 37.6 Å². The van der Waals surface area contributed by atoms with Crippen LogP contribution in [0.15, 0.2) is 42.6 Å². The molecule has 0 spiro atoms. The minimum absolute atomic E-state index is 0.0993. The molecule has 0 aliphatic heterocycles. The van der Waals surface area contributed by atoms with E-state index in [0.29, 0.717) is 23.2 Å². The summed E-state index contributed by atoms with van der Waals surface area (Å²) in [6, 6.07) is 10.9. The Hall–Kier alpha value is -2.07. The Morgan fingerprint density at radius 3 is 2.50 bits per heavy atom. The number of pyridine rings is 1. The highest BCUT2D eigenvalue weighted by Gasteiger charge is 2.05. The summed E-state index contributed by atoms with van der Waals surface area (Å²) in [6.07, 6.45) is 2.02. The van der Waals surface area contributed by atoms with E-state index in [0.717, 1.165) is 17.8 Å². The maximum absolute atomic E-state index is 12.0. The second kappa shape index (κ2) is 7.80. The molecule has 4 nitrogen and oxygen atoms in total. The number of halogens is 1. The summed E-state index contributed by atoms with van der Waals surface area (Å²) in [4.78, 5) is 16.2. The van der Waals surface area contributed by atoms with E-state index < -0.39 is 0 Å². The topological polar surface area (TPSA) is 54.0 Å². The van der Waals surface area contributed by atoms with Gasteiger partial charge in [0.2, 0.25) is 5.91 Å². The first-order valence-electron chi connectivity index (χ1n) is 7.27. The molecule has 1 aromatic heterocycles. The molecule has 0 radical (unpaired) electrons. The average molecular weight is 318 g/mol. The van der Waals surface area contributed by atoms with Crippen LogP contribution in [-0.4, -0.2) is 17.4 Å². The van der Waals surface area contributed by atoms with Crippen molar-refractivity contribution in [3.63, 3.8) is 0 Å². The Kier molecular flexibility index (Phi) is 5.78. The van der Waals surface area contributed by atoms with E-state index in [1.165, 1.54) is 0 Å². The molecule has 0 fully saturated rings. The summed E-state index contributed by atoms with van der Waals surface area (Å²) < 4.78 is 0. The molecule has 1 amide bonds. The van der Waals surface area contributed by atoms with Crippen molar-refractivity contribution in [2.75, 3.05) is 17.2 Å². The fourth-order valence-electron chi connectivity index (χ4n) is 1.87. The van der Waals surface area contributed by atoms with Gasteiger partial charge in [0.25, 0.3) is 0 Å². The first-order chi connectivity index (χ1) is 10.5. The molecule has 1 aromatic carbocycles. The Labute approximate surface area is 135 Å². The molecule has 2 aromatic rings. The lowest BCUT2D eigenvalue weighted by Crippen LogP contribution is -2.15. The van der Waals surface area contributed by atoms with Crippen molar-refractivity contribution in [1.82, 2.24) is 4.98 Å². The SMILES string of the molecule is CC(C)CNc1ccc(NC(=O)Cc2ccc(Cl)cc2)nc1. The van der Waals surface area contributed by atoms with Crippen LogP contribution >= 0.6 is 11.6 Å². The van der Waals surface area contributed by atoms with Crippen molar-refractivity contribution in [2.24, 2.45) is 5.92 Å². The van der Waals surface area contributed by atoms with Gasteiger partial charge in [-0.25, -0.2) is 4.98 Å². The lowest BCUT2D eigenvalue weighted by molar-refractivity contribution is -0.115. The molecule has 0 saturated carbocycles. The predicted octanol–water partition coefficient (Wildman–Crippen LogP) is 3.98. The molecule has 5 heteroatoms. The molecule has 0 aliphatic carbocycles. The van der Waals surface area contributed by atoms with Crippen LogP contribution in [0.1, 0.15) is 19.4 Å². The number of hydrogen-bond acceptors (Lipinski definition) is 3. The zero-order chi connectivity index (χ0) is 15.9. The lowest BCUT2D eigenvalue weighted by Gasteiger charge is -2.09. The summed E-state index contributed by atoms with van der Waals surface area (Å²) in [5.74, 6) is 1.02. The van der Waals surface area contributed by atoms with Gasteiger partial charge in [-0.3, -0.25) is 4.79 Å². The number of amides is 1. The van der Waals surface area contributed by atoms with Crippen LogP contribution in [0.2, 0.25) is 5.02 Å². The van der Waals surface area contributed by atoms with Gasteiger partial charge in [0.05, 0.1) is 18.3 Å². The van der Waals surface area contributed by atoms with Crippen LogP contribution < -0.4 is 10.6 Å². The van der Waals surface area contributed by atoms with E-state index in [9.17, 15) is 4.79 Å². The molecular weight excluding hydrogens is 298 g/mol. The molecule has 0 bridgehead atoms. The van der Waals surface area contributed by atoms with Gasteiger partial charge in [-0.15, -0.1) is 0 Å². The molecular formula is C17H20ClN3O. The van der Waals surface area contributed by atoms with Crippen LogP contribution in [0.3, 0.4) is 0 Å². The molecule has 0 atom stereocenters. The molecule has 0 saturated heterocycles. The zero-order valence-electron chi connectivity index (χ0n) is 12.8. The number of nitrogens with one attached hydrogen (secondary N) is 2. The van der Waals surface area contributed by atoms with E-state index in [2.05, 4.69) is 29.5 Å². The Balaban J connectivity index is 1.87. The van der Waals surface area contributed by atoms with Crippen molar-refractivity contribution < 1.29 is 4.79 Å². The number of rotatable bonds is 6. The third kappa shape index (κ3) is 5.37. The average Bonchev–Trinajstić information content (AvgIpc) is 2.49. The van der Waals surface area contributed by atoms with Gasteiger partial charge < -0.3 is 10.6 Å². The first-order valence-corrected chi connectivity index (χ1v) is 7.65. The minimum Gasteiger partial charge on any atom is -0.384 e. The molecule has 0 unspecified atom stereocenters. The Morgan fingerprint density at radius 1 is 1.18 bits per heavy atom. The van der Waals surface area contributed by atoms with Crippen molar-refractivity contribution in [2.45, 2.75) is 20.3 Å². The number of nitrogens with zero attached hydrogens (tertiary/aromatic N) is 1. The molecule has 1 heterocycles. The second-order valence-electron chi connectivity index (χ2n) is 5.56. The van der Waals surface area contributed by atoms with Gasteiger partial charge in [0.15, 0.2) is 0 Å². The minimum atomic E-state index is -0.0993. The quantitative estimate of drug-likeness (QED) is 0.847. The fourth-order valence-corrected chi connectivity index (χ4v) is 2.00. The van der Waals surface area contributed by atoms with Crippen LogP contribution in [-0.2, 0) is 11.2 Å². The number of hydrogen-bond donors (Lipinski definition) is 2. The van der Waals surface area contributed by atoms with E-state index in [-0.39, 0.29) is 5.91 Å². The fraction of sp³-hybridized carbons (Fsp3) is 0.294. The maximum atomic E-state index is 12.0. The summed E-state index contributed by atoms with van der Waals surface area (Å²) in [6.45, 7) is 5.18. The number of anilines is 2. The number of carbonyl (C=O) groups is 1. The summed E-state index contributed by atoms with van der Waals surface area (Å²) in [5, 5.41) is 6.73. The summed E-state index contributed by atoms with van der Waals surface area (Å²) in [5.41, 5.74) is 1.86. The lowest BCUT2D eigenvalue weighted by atomic mass is 10.1. The highest BCUT2D eigenvalue weighted by Crippen LogP contribution is 2.12. The van der Waals surface area contributed by atoms with E-state index in [1.54, 1.807) is 24.4 Å². The normalized spacial score (nSPS) is 10.5. The second-order valence-corrected chi connectivity index (χ2v) is 5.99. The monoisotopic (exact) mass is 317 g/mol. The standard InChI is InChI=1S/C17H20ClN3O/c1-12(2)10-19-15-7-8-16(20-11-15)21-17(22)9-13-3-5-14(18)6-4-13/h3-8,11-12,19H,9-10H2,1-2H3,(H,20,21,22). The maximum Gasteiger partial charge on any atom is 0.229 e. The van der Waals surface area contributed by atoms with Gasteiger partial charge in [-0.05, 0) is 35.7 Å². The molecule has 116 valence electrons. The summed E-state index contributed by atoms with van der Waals surface area (Å²) in [7, 11) is 0. The largest absolute Gasteiger partial charge is 0.384 e. The van der Waals surface area contributed by atoms with Crippen molar-refractivity contribution in [3.8, 4) is 0 Å². The predicted molar refractivity (Wildman–Crippen MR) is 91.4 cm³/mol. The van der Waals surface area contributed by atoms with Gasteiger partial charge in [-0.2, -0.15) is 0 Å². The van der Waals surface area contributed by atoms with Crippen molar-refractivity contribution >= 4 is 29.0 Å². The number of carbonyl (C=O) groups excluding carboxylic acids is 1. The van der Waals surface area contributed by atoms with Crippen LogP contribution in [0.25, 0.3) is 0 Å². The molecule has 2 N–H and O–H groups in total. The highest BCUT2D eigenvalue weighted by atomic mass is 35.5. The highest BCUT2D eigenvalue weighted by molar-refractivity contribution is 6.30. The smallest absolute Gasteiger partial charge is 0.229 e. The molecule has 22 heavy (non-hydrogen) atoms.